The predicted octanol–water partition coefficient (Wildman–Crippen LogP) is 13.1. The Labute approximate surface area is 333 Å². The van der Waals surface area contributed by atoms with Gasteiger partial charge in [-0.05, 0) is 81.0 Å². The average Bonchev–Trinajstić information content (AvgIpc) is 3.53. The number of nitrogens with zero attached hydrogens (tertiary/aromatic N) is 2. The molecular formula is C53H37N2OP. The van der Waals surface area contributed by atoms with Crippen LogP contribution < -0.4 is 10.6 Å². The van der Waals surface area contributed by atoms with E-state index < -0.39 is 7.14 Å². The molecule has 1 aliphatic rings. The van der Waals surface area contributed by atoms with Gasteiger partial charge in [0, 0.05) is 32.9 Å². The molecule has 270 valence electrons. The number of aromatic nitrogens is 2. The number of hydrogen-bond acceptors (Lipinski definition) is 3. The van der Waals surface area contributed by atoms with Gasteiger partial charge in [-0.2, -0.15) is 0 Å². The highest BCUT2D eigenvalue weighted by Crippen LogP contribution is 2.52. The van der Waals surface area contributed by atoms with Gasteiger partial charge < -0.3 is 4.57 Å². The van der Waals surface area contributed by atoms with Crippen LogP contribution in [-0.2, 0) is 4.57 Å². The molecule has 0 N–H and O–H groups in total. The van der Waals surface area contributed by atoms with Crippen LogP contribution in [0.3, 0.4) is 0 Å². The van der Waals surface area contributed by atoms with Gasteiger partial charge in [0.25, 0.3) is 0 Å². The molecule has 10 rings (SSSR count). The monoisotopic (exact) mass is 748 g/mol. The first-order valence-corrected chi connectivity index (χ1v) is 21.4. The molecule has 0 bridgehead atoms. The van der Waals surface area contributed by atoms with Crippen molar-refractivity contribution in [1.82, 2.24) is 9.97 Å². The Bertz CT molecular complexity index is 2990. The summed E-state index contributed by atoms with van der Waals surface area (Å²) in [5, 5.41) is 1.90. The van der Waals surface area contributed by atoms with Gasteiger partial charge in [0.1, 0.15) is 7.14 Å². The fourth-order valence-corrected chi connectivity index (χ4v) is 10.4. The average molecular weight is 749 g/mol. The molecule has 0 saturated heterocycles. The Kier molecular flexibility index (Phi) is 8.66. The highest BCUT2D eigenvalue weighted by Gasteiger charge is 2.35. The summed E-state index contributed by atoms with van der Waals surface area (Å²) < 4.78 is 14.0. The molecule has 1 atom stereocenters. The van der Waals surface area contributed by atoms with E-state index in [1.807, 2.05) is 61.3 Å². The molecule has 4 heteroatoms. The highest BCUT2D eigenvalue weighted by molar-refractivity contribution is 7.79. The minimum Gasteiger partial charge on any atom is -0.314 e. The van der Waals surface area contributed by atoms with E-state index in [0.29, 0.717) is 5.82 Å². The van der Waals surface area contributed by atoms with Crippen molar-refractivity contribution in [1.29, 1.82) is 0 Å². The largest absolute Gasteiger partial charge is 0.314 e. The molecule has 8 aromatic carbocycles. The van der Waals surface area contributed by atoms with Crippen molar-refractivity contribution >= 4 is 17.8 Å². The normalized spacial score (nSPS) is 14.2. The minimum atomic E-state index is -2.67. The molecule has 3 nitrogen and oxygen atoms in total. The first-order chi connectivity index (χ1) is 28.0. The summed E-state index contributed by atoms with van der Waals surface area (Å²) >= 11 is 0. The van der Waals surface area contributed by atoms with E-state index >= 15 is 0 Å². The van der Waals surface area contributed by atoms with Gasteiger partial charge in [0.2, 0.25) is 0 Å². The van der Waals surface area contributed by atoms with Crippen LogP contribution in [-0.4, -0.2) is 16.6 Å². The molecule has 57 heavy (non-hydrogen) atoms. The number of rotatable bonds is 7. The van der Waals surface area contributed by atoms with Gasteiger partial charge in [0.15, 0.2) is 5.82 Å². The van der Waals surface area contributed by atoms with Crippen LogP contribution in [0.4, 0.5) is 0 Å². The smallest absolute Gasteiger partial charge is 0.160 e. The Morgan fingerprint density at radius 1 is 0.333 bits per heavy atom. The highest BCUT2D eigenvalue weighted by atomic mass is 31.2. The lowest BCUT2D eigenvalue weighted by Gasteiger charge is -2.13. The minimum absolute atomic E-state index is 0.691. The Balaban J connectivity index is 1.01. The van der Waals surface area contributed by atoms with E-state index in [-0.39, 0.29) is 0 Å². The molecule has 0 amide bonds. The van der Waals surface area contributed by atoms with Crippen LogP contribution >= 0.6 is 7.14 Å². The van der Waals surface area contributed by atoms with Crippen LogP contribution in [0.25, 0.3) is 89.5 Å². The maximum Gasteiger partial charge on any atom is 0.160 e. The number of fused-ring (bicyclic) bond motifs is 3. The molecule has 1 unspecified atom stereocenters. The topological polar surface area (TPSA) is 42.9 Å². The molecule has 0 fully saturated rings. The van der Waals surface area contributed by atoms with Crippen molar-refractivity contribution in [3.63, 3.8) is 0 Å². The van der Waals surface area contributed by atoms with Gasteiger partial charge in [-0.3, -0.25) is 0 Å². The Morgan fingerprint density at radius 3 is 1.42 bits per heavy atom. The fraction of sp³-hybridized carbons (Fsp3) is 0.0189. The SMILES string of the molecule is CP1(=O)c2ccccc2-c2c(-c3cccc(-c4cccc(-c5cccc(-c6cc(-c7ccc(-c8ccccc8)cc7)nc(-c7ccccc7)n6)c5)c4)c3)cccc21. The van der Waals surface area contributed by atoms with Gasteiger partial charge in [-0.1, -0.05) is 182 Å². The van der Waals surface area contributed by atoms with Crippen molar-refractivity contribution < 1.29 is 4.57 Å². The molecule has 9 aromatic rings. The summed E-state index contributed by atoms with van der Waals surface area (Å²) in [4.78, 5) is 10.2. The molecule has 0 spiro atoms. The van der Waals surface area contributed by atoms with Crippen LogP contribution in [0.5, 0.6) is 0 Å². The Morgan fingerprint density at radius 2 is 0.754 bits per heavy atom. The quantitative estimate of drug-likeness (QED) is 0.152. The fourth-order valence-electron chi connectivity index (χ4n) is 8.13. The lowest BCUT2D eigenvalue weighted by Crippen LogP contribution is -2.07. The van der Waals surface area contributed by atoms with Crippen molar-refractivity contribution in [3.05, 3.63) is 206 Å². The van der Waals surface area contributed by atoms with Crippen molar-refractivity contribution in [2.75, 3.05) is 6.66 Å². The first-order valence-electron chi connectivity index (χ1n) is 19.2. The van der Waals surface area contributed by atoms with Gasteiger partial charge in [-0.15, -0.1) is 0 Å². The molecule has 0 aliphatic carbocycles. The summed E-state index contributed by atoms with van der Waals surface area (Å²) in [6, 6.07) is 71.8. The van der Waals surface area contributed by atoms with Gasteiger partial charge in [-0.25, -0.2) is 9.97 Å². The zero-order valence-corrected chi connectivity index (χ0v) is 32.3. The predicted molar refractivity (Wildman–Crippen MR) is 238 cm³/mol. The summed E-state index contributed by atoms with van der Waals surface area (Å²) in [7, 11) is -2.67. The van der Waals surface area contributed by atoms with Crippen LogP contribution in [0.15, 0.2) is 206 Å². The molecular weight excluding hydrogens is 712 g/mol. The van der Waals surface area contributed by atoms with E-state index in [1.54, 1.807) is 0 Å². The molecule has 2 heterocycles. The zero-order chi connectivity index (χ0) is 38.3. The van der Waals surface area contributed by atoms with Crippen LogP contribution in [0.2, 0.25) is 0 Å². The standard InChI is InChI=1S/C53H37N2OP/c1-57(56)50-26-9-8-24-47(50)52-46(25-13-27-51(52)57)44-22-11-20-42(33-44)40-18-10-19-41(32-40)43-21-12-23-45(34-43)49-35-48(54-53(55-49)39-16-6-3-7-17-39)38-30-28-37(29-31-38)36-14-4-2-5-15-36/h2-35H,1H3. The molecule has 0 radical (unpaired) electrons. The second kappa shape index (κ2) is 14.3. The van der Waals surface area contributed by atoms with E-state index in [0.717, 1.165) is 83.2 Å². The van der Waals surface area contributed by atoms with Crippen molar-refractivity contribution in [3.8, 4) is 89.5 Å². The molecule has 1 aromatic heterocycles. The summed E-state index contributed by atoms with van der Waals surface area (Å²) in [6.45, 7) is 1.90. The maximum absolute atomic E-state index is 14.0. The lowest BCUT2D eigenvalue weighted by molar-refractivity contribution is 0.591. The van der Waals surface area contributed by atoms with Crippen molar-refractivity contribution in [2.45, 2.75) is 0 Å². The summed E-state index contributed by atoms with van der Waals surface area (Å²) in [5.41, 5.74) is 16.0. The second-order valence-corrected chi connectivity index (χ2v) is 17.5. The maximum atomic E-state index is 14.0. The number of benzene rings is 8. The van der Waals surface area contributed by atoms with E-state index in [1.165, 1.54) is 11.1 Å². The third kappa shape index (κ3) is 6.43. The third-order valence-corrected chi connectivity index (χ3v) is 13.6. The lowest BCUT2D eigenvalue weighted by atomic mass is 9.92. The summed E-state index contributed by atoms with van der Waals surface area (Å²) in [5.74, 6) is 0.691. The first kappa shape index (κ1) is 34.6. The molecule has 0 saturated carbocycles. The number of hydrogen-bond donors (Lipinski definition) is 0. The van der Waals surface area contributed by atoms with Crippen LogP contribution in [0.1, 0.15) is 0 Å². The van der Waals surface area contributed by atoms with E-state index in [4.69, 9.17) is 9.97 Å². The zero-order valence-electron chi connectivity index (χ0n) is 31.4. The van der Waals surface area contributed by atoms with Crippen LogP contribution in [0, 0.1) is 0 Å². The third-order valence-electron chi connectivity index (χ3n) is 11.0. The Hall–Kier alpha value is -6.93. The molecule has 1 aliphatic heterocycles. The van der Waals surface area contributed by atoms with E-state index in [9.17, 15) is 4.57 Å². The van der Waals surface area contributed by atoms with Gasteiger partial charge in [0.05, 0.1) is 11.4 Å². The van der Waals surface area contributed by atoms with Crippen molar-refractivity contribution in [2.24, 2.45) is 0 Å². The summed E-state index contributed by atoms with van der Waals surface area (Å²) in [6.07, 6.45) is 0. The van der Waals surface area contributed by atoms with E-state index in [2.05, 4.69) is 152 Å². The van der Waals surface area contributed by atoms with Gasteiger partial charge >= 0.3 is 0 Å². The second-order valence-electron chi connectivity index (χ2n) is 14.7.